The molecular formula is C15H36N3O4P3. The fraction of sp³-hybridized carbons (Fsp3) is 1.00. The molecule has 1 aliphatic rings. The lowest BCUT2D eigenvalue weighted by atomic mass is 10.5. The lowest BCUT2D eigenvalue weighted by molar-refractivity contribution is 0.254. The molecular weight excluding hydrogens is 379 g/mol. The van der Waals surface area contributed by atoms with Crippen LogP contribution in [0.3, 0.4) is 0 Å². The third kappa shape index (κ3) is 11.1. The van der Waals surface area contributed by atoms with Gasteiger partial charge in [0, 0.05) is 39.3 Å². The van der Waals surface area contributed by atoms with Crippen molar-refractivity contribution in [1.29, 1.82) is 0 Å². The molecule has 10 heteroatoms. The Morgan fingerprint density at radius 3 is 1.16 bits per heavy atom. The van der Waals surface area contributed by atoms with Crippen LogP contribution in [0.15, 0.2) is 0 Å². The second-order valence-electron chi connectivity index (χ2n) is 8.36. The van der Waals surface area contributed by atoms with Gasteiger partial charge in [-0.3, -0.25) is 14.7 Å². The molecule has 1 heterocycles. The van der Waals surface area contributed by atoms with Gasteiger partial charge in [0.1, 0.15) is 7.14 Å². The molecule has 1 saturated heterocycles. The molecule has 0 bridgehead atoms. The van der Waals surface area contributed by atoms with Crippen LogP contribution >= 0.6 is 21.4 Å². The first-order chi connectivity index (χ1) is 11.3. The van der Waals surface area contributed by atoms with Crippen molar-refractivity contribution in [2.24, 2.45) is 0 Å². The Balaban J connectivity index is 2.86. The zero-order valence-electron chi connectivity index (χ0n) is 16.4. The third-order valence-corrected chi connectivity index (χ3v) is 7.84. The number of aliphatic hydroxyl groups excluding tert-OH is 1. The summed E-state index contributed by atoms with van der Waals surface area (Å²) in [6.07, 6.45) is 1.23. The van der Waals surface area contributed by atoms with Crippen LogP contribution in [0.4, 0.5) is 0 Å². The van der Waals surface area contributed by atoms with E-state index >= 15 is 0 Å². The van der Waals surface area contributed by atoms with Gasteiger partial charge in [-0.2, -0.15) is 0 Å². The van der Waals surface area contributed by atoms with Crippen molar-refractivity contribution < 1.29 is 18.8 Å². The molecule has 0 saturated carbocycles. The maximum Gasteiger partial charge on any atom is 0.122 e. The Hall–Kier alpha value is 0.530. The van der Waals surface area contributed by atoms with Gasteiger partial charge >= 0.3 is 0 Å². The Labute approximate surface area is 153 Å². The molecule has 25 heavy (non-hydrogen) atoms. The fourth-order valence-corrected chi connectivity index (χ4v) is 6.75. The van der Waals surface area contributed by atoms with Crippen LogP contribution in [0.1, 0.15) is 0 Å². The van der Waals surface area contributed by atoms with Gasteiger partial charge in [-0.15, -0.1) is 0 Å². The maximum absolute atomic E-state index is 12.3. The highest BCUT2D eigenvalue weighted by Crippen LogP contribution is 2.41. The zero-order valence-corrected chi connectivity index (χ0v) is 19.1. The number of hydrogen-bond acceptors (Lipinski definition) is 7. The third-order valence-electron chi connectivity index (χ3n) is 4.08. The minimum atomic E-state index is -2.58. The first kappa shape index (κ1) is 23.6. The average molecular weight is 415 g/mol. The van der Waals surface area contributed by atoms with Crippen LogP contribution in [-0.2, 0) is 13.7 Å². The summed E-state index contributed by atoms with van der Waals surface area (Å²) in [4.78, 5) is 6.51. The summed E-state index contributed by atoms with van der Waals surface area (Å²) in [6.45, 7) is 13.4. The number of rotatable bonds is 7. The molecule has 1 atom stereocenters. The Kier molecular flexibility index (Phi) is 9.09. The molecule has 0 aromatic heterocycles. The summed E-state index contributed by atoms with van der Waals surface area (Å²) in [5, 5.41) is 9.33. The summed E-state index contributed by atoms with van der Waals surface area (Å²) >= 11 is 0. The molecule has 1 aliphatic heterocycles. The van der Waals surface area contributed by atoms with Gasteiger partial charge in [-0.05, 0) is 33.3 Å². The van der Waals surface area contributed by atoms with Crippen molar-refractivity contribution in [1.82, 2.24) is 14.7 Å². The van der Waals surface area contributed by atoms with Gasteiger partial charge in [-0.1, -0.05) is 0 Å². The van der Waals surface area contributed by atoms with Crippen molar-refractivity contribution in [3.8, 4) is 0 Å². The van der Waals surface area contributed by atoms with Gasteiger partial charge < -0.3 is 18.8 Å². The van der Waals surface area contributed by atoms with Crippen LogP contribution in [0.5, 0.6) is 0 Å². The smallest absolute Gasteiger partial charge is 0.122 e. The lowest BCUT2D eigenvalue weighted by Crippen LogP contribution is -2.37. The average Bonchev–Trinajstić information content (AvgIpc) is 2.50. The van der Waals surface area contributed by atoms with E-state index in [-0.39, 0.29) is 6.35 Å². The molecule has 0 aromatic rings. The van der Waals surface area contributed by atoms with Crippen molar-refractivity contribution >= 4 is 21.4 Å². The predicted octanol–water partition coefficient (Wildman–Crippen LogP) is 1.97. The first-order valence-electron chi connectivity index (χ1n) is 8.71. The van der Waals surface area contributed by atoms with Crippen LogP contribution < -0.4 is 0 Å². The molecule has 1 rings (SSSR count). The monoisotopic (exact) mass is 415 g/mol. The van der Waals surface area contributed by atoms with Crippen molar-refractivity contribution in [3.05, 3.63) is 0 Å². The van der Waals surface area contributed by atoms with Crippen molar-refractivity contribution in [2.75, 3.05) is 97.8 Å². The van der Waals surface area contributed by atoms with Gasteiger partial charge in [0.2, 0.25) is 0 Å². The second-order valence-corrected chi connectivity index (χ2v) is 18.4. The molecule has 0 spiro atoms. The summed E-state index contributed by atoms with van der Waals surface area (Å²) in [7, 11) is -6.92. The van der Waals surface area contributed by atoms with E-state index in [1.807, 2.05) is 0 Å². The first-order valence-corrected chi connectivity index (χ1v) is 16.8. The molecule has 0 aromatic carbocycles. The molecule has 7 nitrogen and oxygen atoms in total. The van der Waals surface area contributed by atoms with E-state index in [0.717, 1.165) is 39.3 Å². The van der Waals surface area contributed by atoms with E-state index in [2.05, 4.69) is 14.7 Å². The summed E-state index contributed by atoms with van der Waals surface area (Å²) in [6, 6.07) is 0. The summed E-state index contributed by atoms with van der Waals surface area (Å²) in [5.74, 6) is 0. The van der Waals surface area contributed by atoms with E-state index in [1.165, 1.54) is 0 Å². The zero-order chi connectivity index (χ0) is 19.3. The highest BCUT2D eigenvalue weighted by Gasteiger charge is 2.24. The topological polar surface area (TPSA) is 81.2 Å². The summed E-state index contributed by atoms with van der Waals surface area (Å²) < 4.78 is 36.8. The van der Waals surface area contributed by atoms with E-state index in [0.29, 0.717) is 18.9 Å². The molecule has 1 unspecified atom stereocenters. The number of aliphatic hydroxyl groups is 1. The highest BCUT2D eigenvalue weighted by atomic mass is 31.2. The second kappa shape index (κ2) is 9.64. The van der Waals surface area contributed by atoms with E-state index in [1.54, 1.807) is 33.3 Å². The van der Waals surface area contributed by atoms with Crippen molar-refractivity contribution in [2.45, 2.75) is 0 Å². The lowest BCUT2D eigenvalue weighted by Gasteiger charge is -2.28. The Morgan fingerprint density at radius 1 is 0.640 bits per heavy atom. The van der Waals surface area contributed by atoms with Crippen molar-refractivity contribution in [3.63, 3.8) is 0 Å². The maximum atomic E-state index is 12.3. The van der Waals surface area contributed by atoms with E-state index in [9.17, 15) is 18.8 Å². The minimum absolute atomic E-state index is 0.283. The standard InChI is InChI=1S/C15H36N3O4P3/c1-23(2,20)12-16-6-7-17(13-24(3,4)21)9-11-18(10-8-16)14-25(5,22)15-19/h19H,6-15H2,1-5H3. The molecule has 0 aliphatic carbocycles. The number of nitrogens with zero attached hydrogens (tertiary/aromatic N) is 3. The van der Waals surface area contributed by atoms with Crippen LogP contribution in [-0.4, -0.2) is 118 Å². The van der Waals surface area contributed by atoms with Gasteiger partial charge in [-0.25, -0.2) is 0 Å². The van der Waals surface area contributed by atoms with E-state index in [4.69, 9.17) is 0 Å². The highest BCUT2D eigenvalue weighted by molar-refractivity contribution is 7.63. The quantitative estimate of drug-likeness (QED) is 0.637. The predicted molar refractivity (Wildman–Crippen MR) is 109 cm³/mol. The summed E-state index contributed by atoms with van der Waals surface area (Å²) in [5.41, 5.74) is 0. The molecule has 0 radical (unpaired) electrons. The molecule has 0 amide bonds. The Morgan fingerprint density at radius 2 is 0.920 bits per heavy atom. The SMILES string of the molecule is CP(C)(=O)CN1CCN(CP(C)(C)=O)CCN(CP(C)(=O)CO)CC1. The fourth-order valence-electron chi connectivity index (χ4n) is 3.04. The van der Waals surface area contributed by atoms with E-state index < -0.39 is 21.4 Å². The minimum Gasteiger partial charge on any atom is -0.389 e. The molecule has 1 fully saturated rings. The molecule has 150 valence electrons. The van der Waals surface area contributed by atoms with Gasteiger partial charge in [0.25, 0.3) is 0 Å². The Bertz CT molecular complexity index is 524. The van der Waals surface area contributed by atoms with Crippen LogP contribution in [0.2, 0.25) is 0 Å². The van der Waals surface area contributed by atoms with Gasteiger partial charge in [0.15, 0.2) is 0 Å². The van der Waals surface area contributed by atoms with Gasteiger partial charge in [0.05, 0.1) is 39.5 Å². The van der Waals surface area contributed by atoms with Crippen LogP contribution in [0, 0.1) is 0 Å². The normalized spacial score (nSPS) is 22.8. The van der Waals surface area contributed by atoms with Crippen LogP contribution in [0.25, 0.3) is 0 Å². The molecule has 1 N–H and O–H groups in total. The largest absolute Gasteiger partial charge is 0.389 e. The number of hydrogen-bond donors (Lipinski definition) is 1.